The number of hydrogen-bond acceptors (Lipinski definition) is 4. The van der Waals surface area contributed by atoms with Gasteiger partial charge in [0.15, 0.2) is 5.03 Å². The van der Waals surface area contributed by atoms with Gasteiger partial charge in [-0.25, -0.2) is 18.5 Å². The maximum Gasteiger partial charge on any atom is 0.257 e. The summed E-state index contributed by atoms with van der Waals surface area (Å²) in [6, 6.07) is 2.03. The highest BCUT2D eigenvalue weighted by atomic mass is 32.2. The molecule has 20 heavy (non-hydrogen) atoms. The summed E-state index contributed by atoms with van der Waals surface area (Å²) >= 11 is 0. The normalized spacial score (nSPS) is 12.0. The molecule has 0 aliphatic carbocycles. The molecule has 8 heteroatoms. The molecule has 0 fully saturated rings. The molecule has 0 amide bonds. The van der Waals surface area contributed by atoms with Crippen LogP contribution in [0.25, 0.3) is 0 Å². The molecule has 0 aromatic carbocycles. The maximum atomic E-state index is 11.3. The summed E-state index contributed by atoms with van der Waals surface area (Å²) in [5.74, 6) is 0.607. The van der Waals surface area contributed by atoms with Gasteiger partial charge >= 0.3 is 0 Å². The molecule has 0 aliphatic rings. The Balaban J connectivity index is 2.35. The highest BCUT2D eigenvalue weighted by Crippen LogP contribution is 2.12. The first-order valence-electron chi connectivity index (χ1n) is 6.47. The fourth-order valence-corrected chi connectivity index (χ4v) is 2.57. The third-order valence-electron chi connectivity index (χ3n) is 3.15. The Hall–Kier alpha value is -1.67. The first-order chi connectivity index (χ1) is 9.35. The minimum atomic E-state index is -3.77. The lowest BCUT2D eigenvalue weighted by Crippen LogP contribution is -2.12. The largest absolute Gasteiger partial charge is 0.328 e. The molecule has 0 unspecified atom stereocenters. The van der Waals surface area contributed by atoms with Crippen molar-refractivity contribution in [2.24, 2.45) is 5.14 Å². The highest BCUT2D eigenvalue weighted by molar-refractivity contribution is 7.89. The molecule has 2 aromatic heterocycles. The minimum Gasteiger partial charge on any atom is -0.328 e. The number of aryl methyl sites for hydroxylation is 3. The molecule has 0 radical (unpaired) electrons. The van der Waals surface area contributed by atoms with Crippen molar-refractivity contribution < 1.29 is 8.42 Å². The number of rotatable bonds is 5. The Bertz CT molecular complexity index is 714. The van der Waals surface area contributed by atoms with Gasteiger partial charge in [0, 0.05) is 12.7 Å². The molecular weight excluding hydrogens is 278 g/mol. The average Bonchev–Trinajstić information content (AvgIpc) is 2.93. The summed E-state index contributed by atoms with van der Waals surface area (Å²) in [5, 5.41) is 9.46. The maximum absolute atomic E-state index is 11.3. The van der Waals surface area contributed by atoms with Crippen LogP contribution in [0.3, 0.4) is 0 Å². The summed E-state index contributed by atoms with van der Waals surface area (Å²) < 4.78 is 26.3. The van der Waals surface area contributed by atoms with Crippen molar-refractivity contribution in [2.45, 2.75) is 45.3 Å². The van der Waals surface area contributed by atoms with E-state index in [0.29, 0.717) is 12.4 Å². The summed E-state index contributed by atoms with van der Waals surface area (Å²) in [5.41, 5.74) is 2.04. The van der Waals surface area contributed by atoms with Crippen LogP contribution < -0.4 is 5.14 Å². The summed E-state index contributed by atoms with van der Waals surface area (Å²) in [7, 11) is -3.77. The van der Waals surface area contributed by atoms with E-state index in [0.717, 1.165) is 24.4 Å². The van der Waals surface area contributed by atoms with Crippen LogP contribution in [0, 0.1) is 6.92 Å². The number of hydrogen-bond donors (Lipinski definition) is 1. The third kappa shape index (κ3) is 2.91. The lowest BCUT2D eigenvalue weighted by molar-refractivity contribution is 0.589. The molecule has 0 spiro atoms. The molecule has 2 aromatic rings. The monoisotopic (exact) mass is 297 g/mol. The lowest BCUT2D eigenvalue weighted by atomic mass is 10.3. The zero-order valence-corrected chi connectivity index (χ0v) is 12.7. The van der Waals surface area contributed by atoms with E-state index in [-0.39, 0.29) is 5.03 Å². The fourth-order valence-electron chi connectivity index (χ4n) is 2.04. The average molecular weight is 297 g/mol. The summed E-state index contributed by atoms with van der Waals surface area (Å²) in [4.78, 5) is 3.98. The van der Waals surface area contributed by atoms with Crippen LogP contribution >= 0.6 is 0 Å². The zero-order valence-electron chi connectivity index (χ0n) is 11.9. The van der Waals surface area contributed by atoms with Crippen molar-refractivity contribution in [3.63, 3.8) is 0 Å². The van der Waals surface area contributed by atoms with E-state index in [1.807, 2.05) is 24.6 Å². The van der Waals surface area contributed by atoms with Gasteiger partial charge in [0.1, 0.15) is 5.82 Å². The van der Waals surface area contributed by atoms with E-state index in [4.69, 9.17) is 5.14 Å². The second-order valence-electron chi connectivity index (χ2n) is 4.60. The van der Waals surface area contributed by atoms with E-state index in [1.54, 1.807) is 11.5 Å². The van der Waals surface area contributed by atoms with Crippen molar-refractivity contribution in [3.05, 3.63) is 29.5 Å². The van der Waals surface area contributed by atoms with Crippen LogP contribution in [-0.4, -0.2) is 27.7 Å². The fraction of sp³-hybridized carbons (Fsp3) is 0.500. The van der Waals surface area contributed by atoms with Crippen LogP contribution in [0.4, 0.5) is 0 Å². The SMILES string of the molecule is CCc1cc(Cn2cc(S(N)(=O)=O)nc2C)n(CC)n1. The van der Waals surface area contributed by atoms with Crippen LogP contribution in [0.15, 0.2) is 17.3 Å². The molecule has 2 N–H and O–H groups in total. The topological polar surface area (TPSA) is 95.8 Å². The predicted octanol–water partition coefficient (Wildman–Crippen LogP) is 0.666. The van der Waals surface area contributed by atoms with E-state index in [9.17, 15) is 8.42 Å². The van der Waals surface area contributed by atoms with Gasteiger partial charge in [0.05, 0.1) is 17.9 Å². The Morgan fingerprint density at radius 3 is 2.55 bits per heavy atom. The molecule has 0 atom stereocenters. The molecule has 0 saturated carbocycles. The van der Waals surface area contributed by atoms with Gasteiger partial charge in [-0.1, -0.05) is 6.92 Å². The Kier molecular flexibility index (Phi) is 3.96. The highest BCUT2D eigenvalue weighted by Gasteiger charge is 2.15. The van der Waals surface area contributed by atoms with Crippen molar-refractivity contribution in [1.82, 2.24) is 19.3 Å². The zero-order chi connectivity index (χ0) is 14.9. The number of aromatic nitrogens is 4. The predicted molar refractivity (Wildman–Crippen MR) is 74.7 cm³/mol. The lowest BCUT2D eigenvalue weighted by Gasteiger charge is -2.06. The van der Waals surface area contributed by atoms with Crippen molar-refractivity contribution in [3.8, 4) is 0 Å². The van der Waals surface area contributed by atoms with Gasteiger partial charge in [-0.2, -0.15) is 5.10 Å². The Labute approximate surface area is 118 Å². The Morgan fingerprint density at radius 1 is 1.35 bits per heavy atom. The number of imidazole rings is 1. The van der Waals surface area contributed by atoms with Crippen molar-refractivity contribution in [2.75, 3.05) is 0 Å². The summed E-state index contributed by atoms with van der Waals surface area (Å²) in [6.45, 7) is 7.11. The molecular formula is C12H19N5O2S. The summed E-state index contributed by atoms with van der Waals surface area (Å²) in [6.07, 6.45) is 2.33. The molecule has 0 saturated heterocycles. The number of nitrogens with zero attached hydrogens (tertiary/aromatic N) is 4. The number of sulfonamides is 1. The van der Waals surface area contributed by atoms with E-state index in [1.165, 1.54) is 6.20 Å². The Morgan fingerprint density at radius 2 is 2.05 bits per heavy atom. The van der Waals surface area contributed by atoms with E-state index >= 15 is 0 Å². The molecule has 2 rings (SSSR count). The second-order valence-corrected chi connectivity index (χ2v) is 6.10. The minimum absolute atomic E-state index is 0.103. The standard InChI is InChI=1S/C12H19N5O2S/c1-4-10-6-11(17(5-2)15-10)7-16-8-12(14-9(16)3)20(13,18)19/h6,8H,4-5,7H2,1-3H3,(H2,13,18,19). The van der Waals surface area contributed by atoms with Crippen molar-refractivity contribution >= 4 is 10.0 Å². The van der Waals surface area contributed by atoms with E-state index in [2.05, 4.69) is 10.1 Å². The van der Waals surface area contributed by atoms with Crippen LogP contribution in [0.2, 0.25) is 0 Å². The number of primary sulfonamides is 1. The van der Waals surface area contributed by atoms with Crippen LogP contribution in [0.1, 0.15) is 31.1 Å². The van der Waals surface area contributed by atoms with Gasteiger partial charge in [-0.3, -0.25) is 4.68 Å². The third-order valence-corrected chi connectivity index (χ3v) is 3.93. The molecule has 0 bridgehead atoms. The smallest absolute Gasteiger partial charge is 0.257 e. The molecule has 110 valence electrons. The van der Waals surface area contributed by atoms with Gasteiger partial charge < -0.3 is 4.57 Å². The van der Waals surface area contributed by atoms with Crippen molar-refractivity contribution in [1.29, 1.82) is 0 Å². The van der Waals surface area contributed by atoms with Gasteiger partial charge in [-0.15, -0.1) is 0 Å². The van der Waals surface area contributed by atoms with Gasteiger partial charge in [0.2, 0.25) is 0 Å². The van der Waals surface area contributed by atoms with Crippen LogP contribution in [-0.2, 0) is 29.5 Å². The van der Waals surface area contributed by atoms with Crippen LogP contribution in [0.5, 0.6) is 0 Å². The first kappa shape index (κ1) is 14.7. The quantitative estimate of drug-likeness (QED) is 0.877. The van der Waals surface area contributed by atoms with Gasteiger partial charge in [0.25, 0.3) is 10.0 Å². The van der Waals surface area contributed by atoms with Gasteiger partial charge in [-0.05, 0) is 26.3 Å². The second kappa shape index (κ2) is 5.37. The number of nitrogens with two attached hydrogens (primary N) is 1. The molecule has 0 aliphatic heterocycles. The molecule has 2 heterocycles. The molecule has 7 nitrogen and oxygen atoms in total. The van der Waals surface area contributed by atoms with E-state index < -0.39 is 10.0 Å². The first-order valence-corrected chi connectivity index (χ1v) is 8.02.